The van der Waals surface area contributed by atoms with Gasteiger partial charge in [0.05, 0.1) is 20.4 Å². The fraction of sp³-hybridized carbons (Fsp3) is 0.250. The van der Waals surface area contributed by atoms with Crippen molar-refractivity contribution in [1.82, 2.24) is 14.9 Å². The highest BCUT2D eigenvalue weighted by molar-refractivity contribution is 7.07. The molecule has 0 aliphatic carbocycles. The predicted molar refractivity (Wildman–Crippen MR) is 70.6 cm³/mol. The number of hydrogen-bond donors (Lipinski definition) is 1. The molecule has 1 amide bonds. The Morgan fingerprint density at radius 1 is 1.32 bits per heavy atom. The summed E-state index contributed by atoms with van der Waals surface area (Å²) in [4.78, 5) is 12.2. The third-order valence-electron chi connectivity index (χ3n) is 2.49. The molecule has 0 aliphatic rings. The highest BCUT2D eigenvalue weighted by Crippen LogP contribution is 2.27. The molecule has 0 spiro atoms. The van der Waals surface area contributed by atoms with Crippen LogP contribution in [-0.4, -0.2) is 29.7 Å². The van der Waals surface area contributed by atoms with Crippen molar-refractivity contribution in [3.05, 3.63) is 34.8 Å². The third kappa shape index (κ3) is 3.19. The number of methoxy groups -OCH3 is 2. The molecule has 1 aromatic carbocycles. The van der Waals surface area contributed by atoms with Gasteiger partial charge in [-0.25, -0.2) is 0 Å². The van der Waals surface area contributed by atoms with Gasteiger partial charge in [0.15, 0.2) is 11.5 Å². The number of nitrogens with one attached hydrogen (secondary N) is 1. The average molecular weight is 279 g/mol. The maximum absolute atomic E-state index is 11.7. The van der Waals surface area contributed by atoms with E-state index in [2.05, 4.69) is 14.9 Å². The van der Waals surface area contributed by atoms with E-state index in [0.29, 0.717) is 22.9 Å². The van der Waals surface area contributed by atoms with Crippen LogP contribution in [-0.2, 0) is 6.54 Å². The zero-order chi connectivity index (χ0) is 13.7. The summed E-state index contributed by atoms with van der Waals surface area (Å²) in [6.45, 7) is 0.400. The van der Waals surface area contributed by atoms with Crippen LogP contribution < -0.4 is 14.8 Å². The molecule has 6 nitrogen and oxygen atoms in total. The maximum Gasteiger partial charge on any atom is 0.264 e. The minimum absolute atomic E-state index is 0.190. The largest absolute Gasteiger partial charge is 0.493 e. The van der Waals surface area contributed by atoms with Crippen molar-refractivity contribution in [2.75, 3.05) is 14.2 Å². The van der Waals surface area contributed by atoms with Crippen LogP contribution in [0.1, 0.15) is 15.2 Å². The van der Waals surface area contributed by atoms with Crippen LogP contribution in [0.15, 0.2) is 24.4 Å². The van der Waals surface area contributed by atoms with Gasteiger partial charge in [-0.05, 0) is 29.2 Å². The number of hydrogen-bond acceptors (Lipinski definition) is 6. The lowest BCUT2D eigenvalue weighted by molar-refractivity contribution is 0.0954. The first-order chi connectivity index (χ1) is 9.24. The van der Waals surface area contributed by atoms with E-state index in [-0.39, 0.29) is 5.91 Å². The predicted octanol–water partition coefficient (Wildman–Crippen LogP) is 1.49. The monoisotopic (exact) mass is 279 g/mol. The Hall–Kier alpha value is -2.15. The van der Waals surface area contributed by atoms with Crippen LogP contribution in [0.5, 0.6) is 11.5 Å². The number of ether oxygens (including phenoxy) is 2. The number of aromatic nitrogens is 2. The first-order valence-corrected chi connectivity index (χ1v) is 6.28. The quantitative estimate of drug-likeness (QED) is 0.897. The van der Waals surface area contributed by atoms with Crippen LogP contribution in [0.2, 0.25) is 0 Å². The number of carbonyl (C=O) groups is 1. The average Bonchev–Trinajstić information content (AvgIpc) is 2.98. The molecule has 19 heavy (non-hydrogen) atoms. The molecule has 0 atom stereocenters. The molecule has 0 saturated carbocycles. The van der Waals surface area contributed by atoms with Crippen LogP contribution in [0, 0.1) is 0 Å². The number of amides is 1. The summed E-state index contributed by atoms with van der Waals surface area (Å²) in [5.74, 6) is 1.10. The van der Waals surface area contributed by atoms with Gasteiger partial charge >= 0.3 is 0 Å². The molecule has 2 aromatic rings. The normalized spacial score (nSPS) is 10.0. The maximum atomic E-state index is 11.7. The van der Waals surface area contributed by atoms with Crippen molar-refractivity contribution >= 4 is 17.4 Å². The van der Waals surface area contributed by atoms with E-state index < -0.39 is 0 Å². The molecule has 0 bridgehead atoms. The van der Waals surface area contributed by atoms with E-state index in [1.807, 2.05) is 12.1 Å². The summed E-state index contributed by atoms with van der Waals surface area (Å²) < 4.78 is 14.0. The van der Waals surface area contributed by atoms with Crippen LogP contribution in [0.4, 0.5) is 0 Å². The standard InChI is InChI=1S/C12H13N3O3S/c1-17-9-4-3-8(5-10(9)18-2)6-13-12(16)11-7-14-15-19-11/h3-5,7H,6H2,1-2H3,(H,13,16). The van der Waals surface area contributed by atoms with Gasteiger partial charge in [0.2, 0.25) is 0 Å². The highest BCUT2D eigenvalue weighted by Gasteiger charge is 2.09. The first-order valence-electron chi connectivity index (χ1n) is 5.51. The molecule has 0 aliphatic heterocycles. The van der Waals surface area contributed by atoms with Gasteiger partial charge < -0.3 is 14.8 Å². The lowest BCUT2D eigenvalue weighted by Gasteiger charge is -2.09. The van der Waals surface area contributed by atoms with Crippen LogP contribution in [0.25, 0.3) is 0 Å². The number of rotatable bonds is 5. The molecular weight excluding hydrogens is 266 g/mol. The smallest absolute Gasteiger partial charge is 0.264 e. The van der Waals surface area contributed by atoms with E-state index in [0.717, 1.165) is 17.1 Å². The van der Waals surface area contributed by atoms with Crippen molar-refractivity contribution in [2.45, 2.75) is 6.54 Å². The Bertz CT molecular complexity index is 557. The van der Waals surface area contributed by atoms with Gasteiger partial charge in [-0.1, -0.05) is 10.6 Å². The molecule has 0 radical (unpaired) electrons. The van der Waals surface area contributed by atoms with E-state index in [4.69, 9.17) is 9.47 Å². The Labute approximate surface area is 114 Å². The topological polar surface area (TPSA) is 73.3 Å². The summed E-state index contributed by atoms with van der Waals surface area (Å²) in [6, 6.07) is 5.49. The van der Waals surface area contributed by atoms with Gasteiger partial charge in [-0.2, -0.15) is 0 Å². The Kier molecular flexibility index (Phi) is 4.30. The molecule has 7 heteroatoms. The summed E-state index contributed by atoms with van der Waals surface area (Å²) in [5.41, 5.74) is 0.920. The lowest BCUT2D eigenvalue weighted by Crippen LogP contribution is -2.21. The molecule has 0 unspecified atom stereocenters. The van der Waals surface area contributed by atoms with Gasteiger partial charge in [-0.3, -0.25) is 4.79 Å². The fourth-order valence-electron chi connectivity index (χ4n) is 1.53. The van der Waals surface area contributed by atoms with Crippen molar-refractivity contribution in [2.24, 2.45) is 0 Å². The fourth-order valence-corrected chi connectivity index (χ4v) is 1.96. The Morgan fingerprint density at radius 3 is 2.74 bits per heavy atom. The molecule has 1 N–H and O–H groups in total. The summed E-state index contributed by atoms with van der Waals surface area (Å²) in [6.07, 6.45) is 1.44. The van der Waals surface area contributed by atoms with Gasteiger partial charge in [0.25, 0.3) is 5.91 Å². The SMILES string of the molecule is COc1ccc(CNC(=O)c2cnns2)cc1OC. The third-order valence-corrected chi connectivity index (χ3v) is 3.15. The molecule has 0 saturated heterocycles. The van der Waals surface area contributed by atoms with Gasteiger partial charge in [0, 0.05) is 6.54 Å². The molecule has 1 heterocycles. The van der Waals surface area contributed by atoms with Gasteiger partial charge in [-0.15, -0.1) is 5.10 Å². The second-order valence-corrected chi connectivity index (χ2v) is 4.44. The minimum Gasteiger partial charge on any atom is -0.493 e. The summed E-state index contributed by atoms with van der Waals surface area (Å²) in [5, 5.41) is 6.40. The van der Waals surface area contributed by atoms with E-state index in [1.165, 1.54) is 6.20 Å². The Balaban J connectivity index is 2.02. The Morgan fingerprint density at radius 2 is 2.11 bits per heavy atom. The zero-order valence-corrected chi connectivity index (χ0v) is 11.4. The van der Waals surface area contributed by atoms with E-state index in [9.17, 15) is 4.79 Å². The minimum atomic E-state index is -0.190. The van der Waals surface area contributed by atoms with Crippen LogP contribution >= 0.6 is 11.5 Å². The number of nitrogens with zero attached hydrogens (tertiary/aromatic N) is 2. The summed E-state index contributed by atoms with van der Waals surface area (Å²) >= 11 is 1.06. The first kappa shape index (κ1) is 13.3. The molecule has 0 fully saturated rings. The molecule has 100 valence electrons. The van der Waals surface area contributed by atoms with E-state index in [1.54, 1.807) is 20.3 Å². The zero-order valence-electron chi connectivity index (χ0n) is 10.5. The summed E-state index contributed by atoms with van der Waals surface area (Å²) in [7, 11) is 3.15. The molecular formula is C12H13N3O3S. The number of benzene rings is 1. The van der Waals surface area contributed by atoms with E-state index >= 15 is 0 Å². The highest BCUT2D eigenvalue weighted by atomic mass is 32.1. The van der Waals surface area contributed by atoms with Crippen molar-refractivity contribution in [3.8, 4) is 11.5 Å². The number of carbonyl (C=O) groups excluding carboxylic acids is 1. The lowest BCUT2D eigenvalue weighted by atomic mass is 10.2. The molecule has 1 aromatic heterocycles. The second-order valence-electron chi connectivity index (χ2n) is 3.65. The second kappa shape index (κ2) is 6.14. The van der Waals surface area contributed by atoms with Crippen molar-refractivity contribution in [3.63, 3.8) is 0 Å². The van der Waals surface area contributed by atoms with Crippen molar-refractivity contribution in [1.29, 1.82) is 0 Å². The van der Waals surface area contributed by atoms with Gasteiger partial charge in [0.1, 0.15) is 4.88 Å². The van der Waals surface area contributed by atoms with Crippen LogP contribution in [0.3, 0.4) is 0 Å². The molecule has 2 rings (SSSR count). The van der Waals surface area contributed by atoms with Crippen molar-refractivity contribution < 1.29 is 14.3 Å².